The van der Waals surface area contributed by atoms with Crippen LogP contribution in [0.1, 0.15) is 137 Å². The lowest BCUT2D eigenvalue weighted by Crippen LogP contribution is -2.11. The highest BCUT2D eigenvalue weighted by atomic mass is 79.9. The van der Waals surface area contributed by atoms with Gasteiger partial charge < -0.3 is 53.3 Å². The number of carboxylic acids is 2. The van der Waals surface area contributed by atoms with Crippen molar-refractivity contribution in [2.24, 2.45) is 0 Å². The van der Waals surface area contributed by atoms with Crippen LogP contribution in [0.15, 0.2) is 72.8 Å². The van der Waals surface area contributed by atoms with Gasteiger partial charge in [-0.1, -0.05) is 73.1 Å². The smallest absolute Gasteiger partial charge is 0.338 e. The Morgan fingerprint density at radius 2 is 0.620 bits per heavy atom. The molecule has 19 nitrogen and oxygen atoms in total. The number of hydrogen-bond acceptors (Lipinski definition) is 17. The summed E-state index contributed by atoms with van der Waals surface area (Å²) in [7, 11) is 0. The van der Waals surface area contributed by atoms with Gasteiger partial charge in [-0.15, -0.1) is 0 Å². The van der Waals surface area contributed by atoms with Crippen LogP contribution in [0.2, 0.25) is 0 Å². The predicted molar refractivity (Wildman–Crippen MR) is 269 cm³/mol. The SMILES string of the molecule is C=O.CCO.CCOCC(=O)O.CCOCCOC(=O)c1ccc(C(=O)CC)cc1.CCOCCOC(=O)c1ccc(C(=O)CC)cc1.CCOCCOC(=O)c1ccc(C(=O)CC)cc1.O=C(O)CBr. The maximum Gasteiger partial charge on any atom is 0.338 e. The Morgan fingerprint density at radius 1 is 0.408 bits per heavy atom. The van der Waals surface area contributed by atoms with E-state index in [1.807, 2.05) is 27.6 Å². The summed E-state index contributed by atoms with van der Waals surface area (Å²) in [5.41, 5.74) is 3.17. The van der Waals surface area contributed by atoms with Crippen molar-refractivity contribution in [2.45, 2.75) is 74.7 Å². The monoisotopic (exact) mass is 1070 g/mol. The number of esters is 3. The maximum absolute atomic E-state index is 11.6. The summed E-state index contributed by atoms with van der Waals surface area (Å²) in [6, 6.07) is 19.5. The van der Waals surface area contributed by atoms with Gasteiger partial charge in [0.1, 0.15) is 38.5 Å². The molecule has 0 aliphatic rings. The summed E-state index contributed by atoms with van der Waals surface area (Å²) in [5.74, 6) is -2.75. The molecule has 0 radical (unpaired) electrons. The van der Waals surface area contributed by atoms with Crippen LogP contribution in [-0.2, 0) is 47.5 Å². The van der Waals surface area contributed by atoms with Crippen molar-refractivity contribution in [3.05, 3.63) is 106 Å². The van der Waals surface area contributed by atoms with E-state index in [9.17, 15) is 38.4 Å². The first-order valence-electron chi connectivity index (χ1n) is 22.6. The molecule has 71 heavy (non-hydrogen) atoms. The number of benzene rings is 3. The summed E-state index contributed by atoms with van der Waals surface area (Å²) in [5, 5.41) is 23.2. The zero-order valence-corrected chi connectivity index (χ0v) is 43.8. The van der Waals surface area contributed by atoms with Crippen LogP contribution in [0.4, 0.5) is 0 Å². The quantitative estimate of drug-likeness (QED) is 0.0240. The molecule has 0 heterocycles. The number of alkyl halides is 1. The van der Waals surface area contributed by atoms with Gasteiger partial charge in [0.15, 0.2) is 17.3 Å². The van der Waals surface area contributed by atoms with Crippen LogP contribution in [-0.4, -0.2) is 154 Å². The zero-order valence-electron chi connectivity index (χ0n) is 42.2. The molecule has 0 aliphatic carbocycles. The molecule has 0 saturated carbocycles. The number of Topliss-reactive ketones (excluding diaryl/α,β-unsaturated/α-hetero) is 3. The molecule has 0 unspecified atom stereocenters. The van der Waals surface area contributed by atoms with E-state index in [1.54, 1.807) is 107 Å². The normalized spacial score (nSPS) is 9.38. The Morgan fingerprint density at radius 3 is 0.775 bits per heavy atom. The molecule has 3 aromatic rings. The summed E-state index contributed by atoms with van der Waals surface area (Å²) in [6.45, 7) is 20.7. The van der Waals surface area contributed by atoms with E-state index in [0.29, 0.717) is 98.9 Å². The Kier molecular flexibility index (Phi) is 50.7. The fraction of sp³-hybridized carbons (Fsp3) is 0.471. The Balaban J connectivity index is -0.000000408. The van der Waals surface area contributed by atoms with Crippen LogP contribution in [0.3, 0.4) is 0 Å². The lowest BCUT2D eigenvalue weighted by atomic mass is 10.1. The van der Waals surface area contributed by atoms with Crippen molar-refractivity contribution >= 4 is 69.9 Å². The van der Waals surface area contributed by atoms with E-state index in [2.05, 4.69) is 20.7 Å². The number of halogens is 1. The first kappa shape index (κ1) is 71.5. The topological polar surface area (TPSA) is 279 Å². The Labute approximate surface area is 425 Å². The van der Waals surface area contributed by atoms with E-state index < -0.39 is 29.8 Å². The van der Waals surface area contributed by atoms with Gasteiger partial charge in [0, 0.05) is 69.0 Å². The van der Waals surface area contributed by atoms with Crippen molar-refractivity contribution in [1.29, 1.82) is 0 Å². The second-order valence-electron chi connectivity index (χ2n) is 12.9. The third kappa shape index (κ3) is 40.4. The van der Waals surface area contributed by atoms with Gasteiger partial charge >= 0.3 is 29.8 Å². The number of carbonyl (C=O) groups excluding carboxylic acids is 7. The second kappa shape index (κ2) is 50.4. The van der Waals surface area contributed by atoms with E-state index >= 15 is 0 Å². The van der Waals surface area contributed by atoms with Crippen molar-refractivity contribution in [1.82, 2.24) is 0 Å². The fourth-order valence-corrected chi connectivity index (χ4v) is 4.44. The van der Waals surface area contributed by atoms with Crippen molar-refractivity contribution < 1.29 is 91.6 Å². The molecule has 0 fully saturated rings. The van der Waals surface area contributed by atoms with Crippen LogP contribution in [0.5, 0.6) is 0 Å². The molecule has 0 aliphatic heterocycles. The molecule has 0 bridgehead atoms. The van der Waals surface area contributed by atoms with Gasteiger partial charge in [0.2, 0.25) is 0 Å². The average Bonchev–Trinajstić information content (AvgIpc) is 3.40. The van der Waals surface area contributed by atoms with Gasteiger partial charge in [-0.2, -0.15) is 0 Å². The summed E-state index contributed by atoms with van der Waals surface area (Å²) < 4.78 is 34.7. The number of carbonyl (C=O) groups is 9. The number of aliphatic hydroxyl groups excluding tert-OH is 1. The Hall–Kier alpha value is -6.03. The standard InChI is InChI=1S/3C14H18O4.C4H8O3.C2H3BrO2.C2H6O.CH2O/c3*1-3-13(15)11-5-7-12(8-6-11)14(16)18-10-9-17-4-2;1-2-7-3-4(5)6;3-1-2(4)5;1-2-3;1-2/h3*5-8H,3-4,9-10H2,1-2H3;2-3H2,1H3,(H,5,6);1H2,(H,4,5);3H,2H2,1H3;1H2. The van der Waals surface area contributed by atoms with E-state index in [-0.39, 0.29) is 55.7 Å². The zero-order chi connectivity index (χ0) is 54.8. The highest BCUT2D eigenvalue weighted by molar-refractivity contribution is 9.09. The molecule has 0 atom stereocenters. The number of aliphatic carboxylic acids is 2. The average molecular weight is 1070 g/mol. The molecule has 0 spiro atoms. The number of rotatable bonds is 25. The second-order valence-corrected chi connectivity index (χ2v) is 13.5. The predicted octanol–water partition coefficient (Wildman–Crippen LogP) is 7.80. The summed E-state index contributed by atoms with van der Waals surface area (Å²) in [6.07, 6.45) is 1.37. The van der Waals surface area contributed by atoms with E-state index in [4.69, 9.17) is 48.5 Å². The van der Waals surface area contributed by atoms with Crippen LogP contribution in [0.25, 0.3) is 0 Å². The van der Waals surface area contributed by atoms with E-state index in [1.165, 1.54) is 0 Å². The van der Waals surface area contributed by atoms with Gasteiger partial charge in [0.05, 0.1) is 36.5 Å². The molecule has 3 N–H and O–H groups in total. The first-order chi connectivity index (χ1) is 34.0. The minimum Gasteiger partial charge on any atom is -0.481 e. The molecule has 0 saturated heterocycles. The number of aliphatic hydroxyl groups is 1. The highest BCUT2D eigenvalue weighted by Gasteiger charge is 2.11. The first-order valence-corrected chi connectivity index (χ1v) is 23.8. The third-order valence-electron chi connectivity index (χ3n) is 7.83. The maximum atomic E-state index is 11.6. The fourth-order valence-electron chi connectivity index (χ4n) is 4.44. The van der Waals surface area contributed by atoms with Crippen LogP contribution in [0, 0.1) is 0 Å². The van der Waals surface area contributed by atoms with Gasteiger partial charge in [0.25, 0.3) is 0 Å². The van der Waals surface area contributed by atoms with Crippen LogP contribution < -0.4 is 0 Å². The van der Waals surface area contributed by atoms with Gasteiger partial charge in [-0.25, -0.2) is 19.2 Å². The molecule has 0 aromatic heterocycles. The van der Waals surface area contributed by atoms with Gasteiger partial charge in [-0.3, -0.25) is 19.2 Å². The van der Waals surface area contributed by atoms with E-state index in [0.717, 1.165) is 0 Å². The molecule has 398 valence electrons. The molecule has 3 rings (SSSR count). The number of carboxylic acid groups (broad SMARTS) is 2. The van der Waals surface area contributed by atoms with Crippen LogP contribution >= 0.6 is 15.9 Å². The third-order valence-corrected chi connectivity index (χ3v) is 8.31. The summed E-state index contributed by atoms with van der Waals surface area (Å²) in [4.78, 5) is 96.0. The summed E-state index contributed by atoms with van der Waals surface area (Å²) >= 11 is 2.71. The molecular formula is C51H73BrO19. The van der Waals surface area contributed by atoms with Crippen molar-refractivity contribution in [3.8, 4) is 0 Å². The highest BCUT2D eigenvalue weighted by Crippen LogP contribution is 2.10. The minimum absolute atomic E-state index is 0.0347. The number of ether oxygens (including phenoxy) is 7. The lowest BCUT2D eigenvalue weighted by molar-refractivity contribution is -0.142. The number of ketones is 3. The molecule has 20 heteroatoms. The van der Waals surface area contributed by atoms with Crippen molar-refractivity contribution in [3.63, 3.8) is 0 Å². The largest absolute Gasteiger partial charge is 0.481 e. The van der Waals surface area contributed by atoms with Gasteiger partial charge in [-0.05, 0) is 71.0 Å². The van der Waals surface area contributed by atoms with Crippen molar-refractivity contribution in [2.75, 3.05) is 84.6 Å². The number of hydrogen-bond donors (Lipinski definition) is 3. The molecule has 3 aromatic carbocycles. The minimum atomic E-state index is -0.915. The molecule has 0 amide bonds. The lowest BCUT2D eigenvalue weighted by Gasteiger charge is -2.05. The molecular weight excluding hydrogens is 996 g/mol. The Bertz CT molecular complexity index is 1690.